The minimum atomic E-state index is -0.288. The molecule has 2 atom stereocenters. The zero-order valence-corrected chi connectivity index (χ0v) is 21.7. The predicted molar refractivity (Wildman–Crippen MR) is 140 cm³/mol. The number of nitrogens with zero attached hydrogens (tertiary/aromatic N) is 1. The third-order valence-corrected chi connectivity index (χ3v) is 8.51. The van der Waals surface area contributed by atoms with Crippen LogP contribution in [0.15, 0.2) is 36.4 Å². The van der Waals surface area contributed by atoms with Crippen LogP contribution in [0.2, 0.25) is 0 Å². The Bertz CT molecular complexity index is 1050. The minimum absolute atomic E-state index is 0.0104. The summed E-state index contributed by atoms with van der Waals surface area (Å²) in [7, 11) is 1.73. The van der Waals surface area contributed by atoms with Crippen molar-refractivity contribution in [2.24, 2.45) is 11.3 Å². The Morgan fingerprint density at radius 1 is 1.14 bits per heavy atom. The molecule has 1 amide bonds. The summed E-state index contributed by atoms with van der Waals surface area (Å²) in [4.78, 5) is 15.5. The lowest BCUT2D eigenvalue weighted by Crippen LogP contribution is -2.53. The number of carbonyl (C=O) groups excluding carboxylic acids is 1. The summed E-state index contributed by atoms with van der Waals surface area (Å²) in [5.74, 6) is 1.35. The van der Waals surface area contributed by atoms with Gasteiger partial charge in [-0.1, -0.05) is 51.5 Å². The van der Waals surface area contributed by atoms with E-state index in [4.69, 9.17) is 9.47 Å². The summed E-state index contributed by atoms with van der Waals surface area (Å²) in [6.45, 7) is 9.83. The summed E-state index contributed by atoms with van der Waals surface area (Å²) >= 11 is 0. The van der Waals surface area contributed by atoms with Gasteiger partial charge < -0.3 is 14.8 Å². The molecule has 3 aliphatic heterocycles. The molecule has 0 aromatic heterocycles. The number of methoxy groups -OCH3 is 1. The molecule has 0 saturated carbocycles. The summed E-state index contributed by atoms with van der Waals surface area (Å²) in [5, 5.41) is 3.27. The molecule has 0 radical (unpaired) electrons. The maximum absolute atomic E-state index is 13.1. The van der Waals surface area contributed by atoms with Crippen molar-refractivity contribution < 1.29 is 14.3 Å². The topological polar surface area (TPSA) is 50.8 Å². The minimum Gasteiger partial charge on any atom is -0.496 e. The van der Waals surface area contributed by atoms with E-state index in [1.807, 2.05) is 0 Å². The van der Waals surface area contributed by atoms with Crippen molar-refractivity contribution in [2.75, 3.05) is 26.7 Å². The van der Waals surface area contributed by atoms with E-state index in [2.05, 4.69) is 67.4 Å². The lowest BCUT2D eigenvalue weighted by molar-refractivity contribution is -0.0353. The first-order chi connectivity index (χ1) is 16.9. The number of fused-ring (bicyclic) bond motifs is 4. The molecular formula is C30H40N2O3. The second kappa shape index (κ2) is 9.85. The highest BCUT2D eigenvalue weighted by atomic mass is 16.6. The van der Waals surface area contributed by atoms with Crippen LogP contribution in [0, 0.1) is 11.3 Å². The average Bonchev–Trinajstić information content (AvgIpc) is 2.86. The van der Waals surface area contributed by atoms with Gasteiger partial charge in [0.15, 0.2) is 0 Å². The first kappa shape index (κ1) is 24.2. The molecule has 3 fully saturated rings. The normalized spacial score (nSPS) is 26.6. The molecule has 4 aliphatic rings. The zero-order chi connectivity index (χ0) is 24.6. The van der Waals surface area contributed by atoms with Gasteiger partial charge in [0.1, 0.15) is 11.9 Å². The molecule has 1 aliphatic carbocycles. The maximum Gasteiger partial charge on any atom is 0.407 e. The monoisotopic (exact) mass is 476 g/mol. The Balaban J connectivity index is 1.39. The molecule has 5 nitrogen and oxygen atoms in total. The quantitative estimate of drug-likeness (QED) is 0.543. The van der Waals surface area contributed by atoms with Crippen LogP contribution in [0.4, 0.5) is 4.79 Å². The van der Waals surface area contributed by atoms with Gasteiger partial charge in [0.2, 0.25) is 0 Å². The van der Waals surface area contributed by atoms with Crippen molar-refractivity contribution in [1.29, 1.82) is 0 Å². The van der Waals surface area contributed by atoms with E-state index in [1.165, 1.54) is 16.7 Å². The van der Waals surface area contributed by atoms with Crippen LogP contribution in [-0.4, -0.2) is 43.8 Å². The van der Waals surface area contributed by atoms with Gasteiger partial charge in [-0.2, -0.15) is 0 Å². The lowest BCUT2D eigenvalue weighted by Gasteiger charge is -2.44. The maximum atomic E-state index is 13.1. The van der Waals surface area contributed by atoms with E-state index < -0.39 is 0 Å². The molecule has 1 unspecified atom stereocenters. The van der Waals surface area contributed by atoms with Crippen LogP contribution in [0.25, 0.3) is 11.1 Å². The van der Waals surface area contributed by atoms with E-state index in [1.54, 1.807) is 7.11 Å². The Labute approximate surface area is 210 Å². The van der Waals surface area contributed by atoms with Gasteiger partial charge in [0.05, 0.1) is 13.2 Å². The third-order valence-electron chi connectivity index (χ3n) is 8.51. The number of ether oxygens (including phenoxy) is 2. The van der Waals surface area contributed by atoms with Crippen LogP contribution >= 0.6 is 0 Å². The molecule has 6 rings (SSSR count). The van der Waals surface area contributed by atoms with Gasteiger partial charge in [-0.3, -0.25) is 4.90 Å². The summed E-state index contributed by atoms with van der Waals surface area (Å²) in [5.41, 5.74) is 6.00. The molecule has 1 N–H and O–H groups in total. The van der Waals surface area contributed by atoms with Crippen LogP contribution in [0.1, 0.15) is 69.2 Å². The van der Waals surface area contributed by atoms with Crippen molar-refractivity contribution in [3.8, 4) is 16.9 Å². The number of benzene rings is 2. The molecule has 2 aromatic rings. The second-order valence-corrected chi connectivity index (χ2v) is 11.3. The largest absolute Gasteiger partial charge is 0.496 e. The van der Waals surface area contributed by atoms with Crippen molar-refractivity contribution in [3.63, 3.8) is 0 Å². The van der Waals surface area contributed by atoms with E-state index >= 15 is 0 Å². The summed E-state index contributed by atoms with van der Waals surface area (Å²) in [6, 6.07) is 13.1. The predicted octanol–water partition coefficient (Wildman–Crippen LogP) is 6.15. The number of amides is 1. The molecule has 3 saturated heterocycles. The van der Waals surface area contributed by atoms with Crippen molar-refractivity contribution in [1.82, 2.24) is 10.2 Å². The highest BCUT2D eigenvalue weighted by Crippen LogP contribution is 2.47. The number of nitrogens with one attached hydrogen (secondary N) is 1. The standard InChI is InChI=1S/C30H40N2O3/c1-5-6-20-7-9-21(10-8-20)24-17-23-11-14-30(2,3)28(25(23)18-26(24)34-4)31-29(33)35-27-19-32-15-12-22(27)13-16-32/h7-10,17-18,22,27-28H,5-6,11-16,19H2,1-4H3,(H,31,33)/t27-,28?/m1/s1. The zero-order valence-electron chi connectivity index (χ0n) is 21.7. The van der Waals surface area contributed by atoms with Crippen LogP contribution in [0.3, 0.4) is 0 Å². The summed E-state index contributed by atoms with van der Waals surface area (Å²) in [6.07, 6.45) is 6.23. The van der Waals surface area contributed by atoms with E-state index in [9.17, 15) is 4.79 Å². The smallest absolute Gasteiger partial charge is 0.407 e. The molecule has 5 heteroatoms. The fourth-order valence-electron chi connectivity index (χ4n) is 6.29. The first-order valence-corrected chi connectivity index (χ1v) is 13.4. The Kier molecular flexibility index (Phi) is 6.80. The lowest BCUT2D eigenvalue weighted by atomic mass is 9.70. The van der Waals surface area contributed by atoms with Gasteiger partial charge in [-0.25, -0.2) is 4.79 Å². The van der Waals surface area contributed by atoms with Crippen LogP contribution in [0.5, 0.6) is 5.75 Å². The van der Waals surface area contributed by atoms with Crippen molar-refractivity contribution in [3.05, 3.63) is 53.1 Å². The molecule has 3 heterocycles. The molecule has 0 spiro atoms. The van der Waals surface area contributed by atoms with E-state index in [-0.39, 0.29) is 23.7 Å². The molecule has 188 valence electrons. The van der Waals surface area contributed by atoms with Gasteiger partial charge in [-0.05, 0) is 90.9 Å². The molecule has 2 aromatic carbocycles. The van der Waals surface area contributed by atoms with Gasteiger partial charge in [0.25, 0.3) is 0 Å². The number of piperidine rings is 3. The Morgan fingerprint density at radius 2 is 1.89 bits per heavy atom. The van der Waals surface area contributed by atoms with Crippen molar-refractivity contribution in [2.45, 2.75) is 71.4 Å². The number of hydrogen-bond donors (Lipinski definition) is 1. The number of hydrogen-bond acceptors (Lipinski definition) is 4. The summed E-state index contributed by atoms with van der Waals surface area (Å²) < 4.78 is 11.9. The highest BCUT2D eigenvalue weighted by molar-refractivity contribution is 5.74. The van der Waals surface area contributed by atoms with Crippen LogP contribution in [-0.2, 0) is 17.6 Å². The van der Waals surface area contributed by atoms with Crippen molar-refractivity contribution >= 4 is 6.09 Å². The van der Waals surface area contributed by atoms with Crippen LogP contribution < -0.4 is 10.1 Å². The molecule has 35 heavy (non-hydrogen) atoms. The average molecular weight is 477 g/mol. The van der Waals surface area contributed by atoms with Gasteiger partial charge in [-0.15, -0.1) is 0 Å². The fourth-order valence-corrected chi connectivity index (χ4v) is 6.29. The fraction of sp³-hybridized carbons (Fsp3) is 0.567. The highest BCUT2D eigenvalue weighted by Gasteiger charge is 2.40. The molecule has 2 bridgehead atoms. The Morgan fingerprint density at radius 3 is 2.51 bits per heavy atom. The third kappa shape index (κ3) is 4.93. The SMILES string of the molecule is CCCc1ccc(-c2cc3c(cc2OC)C(NC(=O)O[C@@H]2CN4CCC2CC4)C(C)(C)CC3)cc1. The number of aryl methyl sites for hydroxylation is 2. The van der Waals surface area contributed by atoms with E-state index in [0.717, 1.165) is 75.0 Å². The van der Waals surface area contributed by atoms with E-state index in [0.29, 0.717) is 5.92 Å². The second-order valence-electron chi connectivity index (χ2n) is 11.3. The van der Waals surface area contributed by atoms with Gasteiger partial charge in [0, 0.05) is 12.1 Å². The van der Waals surface area contributed by atoms with Gasteiger partial charge >= 0.3 is 6.09 Å². The molecular weight excluding hydrogens is 436 g/mol. The Hall–Kier alpha value is -2.53. The number of rotatable bonds is 6. The number of carbonyl (C=O) groups is 1. The number of alkyl carbamates (subject to hydrolysis) is 1. The first-order valence-electron chi connectivity index (χ1n) is 13.4.